The first-order valence-corrected chi connectivity index (χ1v) is 5.22. The molecule has 76 valence electrons. The van der Waals surface area contributed by atoms with E-state index in [0.29, 0.717) is 18.9 Å². The molecule has 0 aliphatic heterocycles. The summed E-state index contributed by atoms with van der Waals surface area (Å²) in [5.74, 6) is 0.665. The van der Waals surface area contributed by atoms with Crippen LogP contribution in [0.25, 0.3) is 0 Å². The van der Waals surface area contributed by atoms with E-state index in [2.05, 4.69) is 12.1 Å². The minimum Gasteiger partial charge on any atom is -0.330 e. The molecule has 2 heteroatoms. The molecule has 0 radical (unpaired) electrons. The zero-order valence-corrected chi connectivity index (χ0v) is 8.20. The Labute approximate surface area is 84.1 Å². The third-order valence-corrected chi connectivity index (χ3v) is 2.97. The maximum absolute atomic E-state index is 13.4. The molecule has 3 unspecified atom stereocenters. The van der Waals surface area contributed by atoms with E-state index in [1.165, 1.54) is 5.56 Å². The van der Waals surface area contributed by atoms with Gasteiger partial charge < -0.3 is 5.73 Å². The lowest BCUT2D eigenvalue weighted by Crippen LogP contribution is -2.11. The summed E-state index contributed by atoms with van der Waals surface area (Å²) in [7, 11) is 0. The SMILES string of the molecule is NCCC(F)C1CC1c1ccccc1. The lowest BCUT2D eigenvalue weighted by Gasteiger charge is -2.05. The quantitative estimate of drug-likeness (QED) is 0.781. The second kappa shape index (κ2) is 4.09. The van der Waals surface area contributed by atoms with Crippen LogP contribution < -0.4 is 5.73 Å². The van der Waals surface area contributed by atoms with Crippen LogP contribution >= 0.6 is 0 Å². The van der Waals surface area contributed by atoms with Crippen LogP contribution in [0.15, 0.2) is 30.3 Å². The van der Waals surface area contributed by atoms with E-state index in [4.69, 9.17) is 5.73 Å². The zero-order chi connectivity index (χ0) is 9.97. The van der Waals surface area contributed by atoms with Crippen molar-refractivity contribution in [3.63, 3.8) is 0 Å². The summed E-state index contributed by atoms with van der Waals surface area (Å²) in [6.07, 6.45) is 0.796. The normalized spacial score (nSPS) is 27.3. The van der Waals surface area contributed by atoms with Crippen LogP contribution in [0.1, 0.15) is 24.3 Å². The summed E-state index contributed by atoms with van der Waals surface area (Å²) >= 11 is 0. The van der Waals surface area contributed by atoms with Crippen LogP contribution in [0.4, 0.5) is 4.39 Å². The molecule has 0 amide bonds. The van der Waals surface area contributed by atoms with Gasteiger partial charge in [-0.25, -0.2) is 4.39 Å². The number of hydrogen-bond acceptors (Lipinski definition) is 1. The highest BCUT2D eigenvalue weighted by Gasteiger charge is 2.43. The number of alkyl halides is 1. The van der Waals surface area contributed by atoms with Crippen molar-refractivity contribution in [2.24, 2.45) is 11.7 Å². The Balaban J connectivity index is 1.93. The van der Waals surface area contributed by atoms with E-state index in [1.807, 2.05) is 18.2 Å². The van der Waals surface area contributed by atoms with Crippen molar-refractivity contribution in [2.75, 3.05) is 6.54 Å². The molecule has 1 aromatic rings. The molecule has 0 aromatic heterocycles. The Hall–Kier alpha value is -0.890. The summed E-state index contributed by atoms with van der Waals surface area (Å²) in [6, 6.07) is 10.2. The molecule has 2 rings (SSSR count). The molecule has 2 N–H and O–H groups in total. The van der Waals surface area contributed by atoms with Crippen LogP contribution in [-0.4, -0.2) is 12.7 Å². The van der Waals surface area contributed by atoms with Crippen LogP contribution in [0.5, 0.6) is 0 Å². The Morgan fingerprint density at radius 3 is 2.71 bits per heavy atom. The fraction of sp³-hybridized carbons (Fsp3) is 0.500. The Morgan fingerprint density at radius 2 is 2.07 bits per heavy atom. The van der Waals surface area contributed by atoms with Gasteiger partial charge in [-0.05, 0) is 36.8 Å². The topological polar surface area (TPSA) is 26.0 Å². The molecule has 1 fully saturated rings. The second-order valence-electron chi connectivity index (χ2n) is 4.01. The molecule has 1 aliphatic rings. The van der Waals surface area contributed by atoms with E-state index >= 15 is 0 Å². The highest BCUT2D eigenvalue weighted by molar-refractivity contribution is 5.26. The molecule has 0 heterocycles. The summed E-state index contributed by atoms with van der Waals surface area (Å²) in [4.78, 5) is 0. The first-order chi connectivity index (χ1) is 6.83. The van der Waals surface area contributed by atoms with Crippen molar-refractivity contribution in [1.29, 1.82) is 0 Å². The monoisotopic (exact) mass is 193 g/mol. The molecular weight excluding hydrogens is 177 g/mol. The third-order valence-electron chi connectivity index (χ3n) is 2.97. The Bertz CT molecular complexity index is 286. The zero-order valence-electron chi connectivity index (χ0n) is 8.20. The van der Waals surface area contributed by atoms with Gasteiger partial charge in [-0.2, -0.15) is 0 Å². The van der Waals surface area contributed by atoms with Gasteiger partial charge in [0, 0.05) is 0 Å². The minimum atomic E-state index is -0.704. The van der Waals surface area contributed by atoms with Crippen molar-refractivity contribution in [3.05, 3.63) is 35.9 Å². The number of halogens is 1. The number of hydrogen-bond donors (Lipinski definition) is 1. The Morgan fingerprint density at radius 1 is 1.36 bits per heavy atom. The van der Waals surface area contributed by atoms with Gasteiger partial charge in [0.25, 0.3) is 0 Å². The lowest BCUT2D eigenvalue weighted by atomic mass is 10.1. The highest BCUT2D eigenvalue weighted by Crippen LogP contribution is 2.50. The molecule has 0 spiro atoms. The molecular formula is C12H16FN. The van der Waals surface area contributed by atoms with Crippen LogP contribution in [0, 0.1) is 5.92 Å². The van der Waals surface area contributed by atoms with E-state index in [1.54, 1.807) is 0 Å². The van der Waals surface area contributed by atoms with Gasteiger partial charge >= 0.3 is 0 Å². The first kappa shape index (κ1) is 9.66. The average Bonchev–Trinajstić information content (AvgIpc) is 2.99. The molecule has 0 saturated heterocycles. The average molecular weight is 193 g/mol. The van der Waals surface area contributed by atoms with Crippen LogP contribution in [-0.2, 0) is 0 Å². The van der Waals surface area contributed by atoms with E-state index < -0.39 is 6.17 Å². The summed E-state index contributed by atoms with van der Waals surface area (Å²) in [5.41, 5.74) is 6.61. The third kappa shape index (κ3) is 1.95. The van der Waals surface area contributed by atoms with Gasteiger partial charge in [-0.1, -0.05) is 30.3 Å². The van der Waals surface area contributed by atoms with Gasteiger partial charge in [0.05, 0.1) is 0 Å². The maximum Gasteiger partial charge on any atom is 0.105 e. The van der Waals surface area contributed by atoms with Gasteiger partial charge in [-0.3, -0.25) is 0 Å². The standard InChI is InChI=1S/C12H16FN/c13-12(6-7-14)11-8-10(11)9-4-2-1-3-5-9/h1-5,10-12H,6-8,14H2. The number of nitrogens with two attached hydrogens (primary N) is 1. The molecule has 1 aliphatic carbocycles. The van der Waals surface area contributed by atoms with Crippen molar-refractivity contribution >= 4 is 0 Å². The van der Waals surface area contributed by atoms with E-state index in [0.717, 1.165) is 6.42 Å². The predicted molar refractivity (Wildman–Crippen MR) is 55.9 cm³/mol. The molecule has 0 bridgehead atoms. The second-order valence-corrected chi connectivity index (χ2v) is 4.01. The van der Waals surface area contributed by atoms with Crippen LogP contribution in [0.3, 0.4) is 0 Å². The summed E-state index contributed by atoms with van der Waals surface area (Å²) < 4.78 is 13.4. The predicted octanol–water partition coefficient (Wildman–Crippen LogP) is 2.48. The summed E-state index contributed by atoms with van der Waals surface area (Å²) in [5, 5.41) is 0. The van der Waals surface area contributed by atoms with Crippen molar-refractivity contribution in [2.45, 2.75) is 24.9 Å². The minimum absolute atomic E-state index is 0.223. The lowest BCUT2D eigenvalue weighted by molar-refractivity contribution is 0.279. The molecule has 3 atom stereocenters. The fourth-order valence-corrected chi connectivity index (χ4v) is 2.07. The van der Waals surface area contributed by atoms with Crippen molar-refractivity contribution in [1.82, 2.24) is 0 Å². The molecule has 14 heavy (non-hydrogen) atoms. The highest BCUT2D eigenvalue weighted by atomic mass is 19.1. The number of rotatable bonds is 4. The maximum atomic E-state index is 13.4. The van der Waals surface area contributed by atoms with Gasteiger partial charge in [0.15, 0.2) is 0 Å². The summed E-state index contributed by atoms with van der Waals surface area (Å²) in [6.45, 7) is 0.458. The van der Waals surface area contributed by atoms with E-state index in [-0.39, 0.29) is 5.92 Å². The van der Waals surface area contributed by atoms with Gasteiger partial charge in [0.2, 0.25) is 0 Å². The molecule has 1 saturated carbocycles. The largest absolute Gasteiger partial charge is 0.330 e. The smallest absolute Gasteiger partial charge is 0.105 e. The van der Waals surface area contributed by atoms with Crippen molar-refractivity contribution < 1.29 is 4.39 Å². The molecule has 1 nitrogen and oxygen atoms in total. The number of benzene rings is 1. The molecule has 1 aromatic carbocycles. The van der Waals surface area contributed by atoms with Crippen LogP contribution in [0.2, 0.25) is 0 Å². The first-order valence-electron chi connectivity index (χ1n) is 5.22. The van der Waals surface area contributed by atoms with Gasteiger partial charge in [-0.15, -0.1) is 0 Å². The van der Waals surface area contributed by atoms with Gasteiger partial charge in [0.1, 0.15) is 6.17 Å². The Kier molecular flexibility index (Phi) is 2.82. The van der Waals surface area contributed by atoms with E-state index in [9.17, 15) is 4.39 Å². The van der Waals surface area contributed by atoms with Crippen molar-refractivity contribution in [3.8, 4) is 0 Å². The fourth-order valence-electron chi connectivity index (χ4n) is 2.07.